The summed E-state index contributed by atoms with van der Waals surface area (Å²) in [6.45, 7) is 2.53. The Hall–Kier alpha value is -3.55. The van der Waals surface area contributed by atoms with Crippen LogP contribution in [-0.2, 0) is 14.3 Å². The first-order chi connectivity index (χ1) is 20.2. The number of piperazine rings is 1. The number of nitrogens with zero attached hydrogens (tertiary/aromatic N) is 5. The molecule has 0 spiro atoms. The lowest BCUT2D eigenvalue weighted by molar-refractivity contribution is -0.141. The van der Waals surface area contributed by atoms with E-state index in [1.54, 1.807) is 6.20 Å². The monoisotopic (exact) mass is 616 g/mol. The number of halogens is 2. The maximum atomic E-state index is 13.9. The van der Waals surface area contributed by atoms with Crippen molar-refractivity contribution in [3.8, 4) is 0 Å². The lowest BCUT2D eigenvalue weighted by atomic mass is 9.95. The molecule has 2 N–H and O–H groups in total. The fraction of sp³-hybridized carbons (Fsp3) is 0.464. The number of urea groups is 1. The van der Waals surface area contributed by atoms with Crippen LogP contribution in [0.4, 0.5) is 9.18 Å². The highest BCUT2D eigenvalue weighted by atomic mass is 35.5. The number of hydrogen-bond donors (Lipinski definition) is 2. The van der Waals surface area contributed by atoms with Crippen LogP contribution >= 0.6 is 22.9 Å². The molecule has 6 rings (SSSR count). The highest BCUT2D eigenvalue weighted by molar-refractivity contribution is 7.11. The summed E-state index contributed by atoms with van der Waals surface area (Å²) < 4.78 is 19.1. The van der Waals surface area contributed by atoms with E-state index >= 15 is 0 Å². The minimum Gasteiger partial charge on any atom is -0.481 e. The molecule has 1 aromatic heterocycles. The van der Waals surface area contributed by atoms with Gasteiger partial charge in [-0.25, -0.2) is 19.0 Å². The van der Waals surface area contributed by atoms with E-state index in [1.807, 2.05) is 15.2 Å². The Kier molecular flexibility index (Phi) is 7.90. The molecule has 0 radical (unpaired) electrons. The van der Waals surface area contributed by atoms with Crippen LogP contribution in [-0.4, -0.2) is 101 Å². The number of carboxylic acids is 1. The summed E-state index contributed by atoms with van der Waals surface area (Å²) in [5.74, 6) is -1.83. The van der Waals surface area contributed by atoms with Gasteiger partial charge < -0.3 is 25.0 Å². The van der Waals surface area contributed by atoms with Crippen molar-refractivity contribution < 1.29 is 28.6 Å². The van der Waals surface area contributed by atoms with Crippen molar-refractivity contribution in [2.75, 3.05) is 39.8 Å². The Morgan fingerprint density at radius 1 is 1.21 bits per heavy atom. The second-order valence-corrected chi connectivity index (χ2v) is 12.2. The third kappa shape index (κ3) is 5.36. The molecule has 2 saturated heterocycles. The number of carbonyl (C=O) groups is 3. The molecule has 0 bridgehead atoms. The van der Waals surface area contributed by atoms with Crippen molar-refractivity contribution in [1.29, 1.82) is 0 Å². The van der Waals surface area contributed by atoms with Crippen LogP contribution in [0.2, 0.25) is 5.02 Å². The molecule has 2 aromatic rings. The number of rotatable bonds is 7. The molecule has 1 saturated carbocycles. The van der Waals surface area contributed by atoms with Crippen molar-refractivity contribution in [3.05, 3.63) is 62.5 Å². The van der Waals surface area contributed by atoms with Gasteiger partial charge in [0.1, 0.15) is 11.9 Å². The number of ether oxygens (including phenoxy) is 1. The summed E-state index contributed by atoms with van der Waals surface area (Å²) >= 11 is 7.84. The van der Waals surface area contributed by atoms with Gasteiger partial charge in [-0.2, -0.15) is 0 Å². The van der Waals surface area contributed by atoms with Gasteiger partial charge in [0.05, 0.1) is 24.6 Å². The molecule has 42 heavy (non-hydrogen) atoms. The molecule has 3 aliphatic heterocycles. The summed E-state index contributed by atoms with van der Waals surface area (Å²) in [5, 5.41) is 15.3. The minimum atomic E-state index is -0.852. The standard InChI is InChI=1S/C28H30ClFN6O5S/c1-41-27(39)22-21(32-24(25-31-6-9-42-25)33-23(22)19-5-3-16(30)11-20(19)29)14-34-7-8-35-18(12-34)13-36(28(35)40)17-4-2-15(10-17)26(37)38/h3,5-6,9,11,15,17-18,23H,2,4,7-8,10,12-14H2,1H3,(H,32,33)(H,37,38)/t15?,17?,18-,23-/m0/s1. The third-order valence-corrected chi connectivity index (χ3v) is 9.57. The number of fused-ring (bicyclic) bond motifs is 1. The highest BCUT2D eigenvalue weighted by Crippen LogP contribution is 2.38. The van der Waals surface area contributed by atoms with E-state index in [0.717, 1.165) is 0 Å². The molecular formula is C28H30ClFN6O5S. The van der Waals surface area contributed by atoms with Crippen molar-refractivity contribution in [1.82, 2.24) is 25.0 Å². The quantitative estimate of drug-likeness (QED) is 0.454. The van der Waals surface area contributed by atoms with Crippen LogP contribution in [0.15, 0.2) is 46.0 Å². The zero-order valence-electron chi connectivity index (χ0n) is 22.8. The zero-order chi connectivity index (χ0) is 29.5. The fourth-order valence-corrected chi connectivity index (χ4v) is 7.26. The maximum absolute atomic E-state index is 13.9. The number of amidine groups is 1. The Balaban J connectivity index is 1.26. The van der Waals surface area contributed by atoms with Crippen LogP contribution in [0, 0.1) is 11.7 Å². The molecule has 11 nitrogen and oxygen atoms in total. The van der Waals surface area contributed by atoms with Gasteiger partial charge in [0.2, 0.25) is 0 Å². The number of amides is 2. The lowest BCUT2D eigenvalue weighted by Gasteiger charge is -2.38. The van der Waals surface area contributed by atoms with E-state index in [9.17, 15) is 23.9 Å². The van der Waals surface area contributed by atoms with Crippen LogP contribution in [0.3, 0.4) is 0 Å². The predicted octanol–water partition coefficient (Wildman–Crippen LogP) is 3.13. The topological polar surface area (TPSA) is 128 Å². The molecule has 222 valence electrons. The summed E-state index contributed by atoms with van der Waals surface area (Å²) in [7, 11) is 1.30. The third-order valence-electron chi connectivity index (χ3n) is 8.47. The minimum absolute atomic E-state index is 0.0369. The molecule has 4 atom stereocenters. The number of carboxylic acid groups (broad SMARTS) is 1. The normalized spacial score (nSPS) is 26.3. The number of esters is 1. The highest BCUT2D eigenvalue weighted by Gasteiger charge is 2.46. The van der Waals surface area contributed by atoms with Gasteiger partial charge in [-0.05, 0) is 31.4 Å². The van der Waals surface area contributed by atoms with Crippen LogP contribution < -0.4 is 5.32 Å². The fourth-order valence-electron chi connectivity index (χ4n) is 6.40. The van der Waals surface area contributed by atoms with E-state index in [0.29, 0.717) is 74.1 Å². The predicted molar refractivity (Wildman–Crippen MR) is 153 cm³/mol. The second-order valence-electron chi connectivity index (χ2n) is 10.9. The first-order valence-electron chi connectivity index (χ1n) is 13.8. The van der Waals surface area contributed by atoms with Crippen molar-refractivity contribution in [3.63, 3.8) is 0 Å². The van der Waals surface area contributed by atoms with Gasteiger partial charge in [-0.1, -0.05) is 17.7 Å². The number of aliphatic carboxylic acids is 1. The number of thiazole rings is 1. The second kappa shape index (κ2) is 11.6. The van der Waals surface area contributed by atoms with Crippen molar-refractivity contribution >= 4 is 46.7 Å². The van der Waals surface area contributed by atoms with E-state index in [-0.39, 0.29) is 28.7 Å². The Morgan fingerprint density at radius 3 is 2.74 bits per heavy atom. The molecule has 4 heterocycles. The lowest BCUT2D eigenvalue weighted by Crippen LogP contribution is -2.53. The summed E-state index contributed by atoms with van der Waals surface area (Å²) in [6.07, 6.45) is 3.42. The number of nitrogens with one attached hydrogen (secondary N) is 1. The first-order valence-corrected chi connectivity index (χ1v) is 15.0. The molecule has 14 heteroatoms. The van der Waals surface area contributed by atoms with Gasteiger partial charge in [0, 0.05) is 66.6 Å². The van der Waals surface area contributed by atoms with Crippen molar-refractivity contribution in [2.45, 2.75) is 37.4 Å². The average Bonchev–Trinajstić information content (AvgIpc) is 3.73. The van der Waals surface area contributed by atoms with Crippen LogP contribution in [0.25, 0.3) is 0 Å². The smallest absolute Gasteiger partial charge is 0.338 e. The molecule has 3 fully saturated rings. The number of benzene rings is 1. The van der Waals surface area contributed by atoms with Gasteiger partial charge >= 0.3 is 18.0 Å². The van der Waals surface area contributed by atoms with Crippen LogP contribution in [0.1, 0.15) is 35.9 Å². The molecule has 1 aliphatic carbocycles. The Labute approximate surface area is 250 Å². The zero-order valence-corrected chi connectivity index (χ0v) is 24.4. The van der Waals surface area contributed by atoms with Gasteiger partial charge in [0.15, 0.2) is 10.8 Å². The van der Waals surface area contributed by atoms with Gasteiger partial charge in [-0.15, -0.1) is 11.3 Å². The molecular weight excluding hydrogens is 587 g/mol. The molecule has 2 amide bonds. The maximum Gasteiger partial charge on any atom is 0.338 e. The molecule has 2 unspecified atom stereocenters. The molecule has 1 aromatic carbocycles. The van der Waals surface area contributed by atoms with E-state index in [1.165, 1.54) is 36.6 Å². The summed E-state index contributed by atoms with van der Waals surface area (Å²) in [4.78, 5) is 53.0. The van der Waals surface area contributed by atoms with E-state index in [2.05, 4.69) is 15.2 Å². The summed E-state index contributed by atoms with van der Waals surface area (Å²) in [6, 6.07) is 2.98. The Bertz CT molecular complexity index is 1470. The Morgan fingerprint density at radius 2 is 2.05 bits per heavy atom. The van der Waals surface area contributed by atoms with Gasteiger partial charge in [0.25, 0.3) is 0 Å². The van der Waals surface area contributed by atoms with E-state index < -0.39 is 29.7 Å². The largest absolute Gasteiger partial charge is 0.481 e. The van der Waals surface area contributed by atoms with E-state index in [4.69, 9.17) is 21.3 Å². The number of carbonyl (C=O) groups excluding carboxylic acids is 2. The average molecular weight is 617 g/mol. The van der Waals surface area contributed by atoms with Crippen LogP contribution in [0.5, 0.6) is 0 Å². The number of aromatic nitrogens is 1. The summed E-state index contributed by atoms with van der Waals surface area (Å²) in [5.41, 5.74) is 1.30. The molecule has 4 aliphatic rings. The number of aliphatic imine (C=N–C) groups is 1. The number of hydrogen-bond acceptors (Lipinski definition) is 9. The van der Waals surface area contributed by atoms with Gasteiger partial charge in [-0.3, -0.25) is 14.7 Å². The van der Waals surface area contributed by atoms with Crippen molar-refractivity contribution in [2.24, 2.45) is 10.9 Å². The first kappa shape index (κ1) is 28.6. The SMILES string of the molecule is COC(=O)C1=C(CN2CCN3C(=O)N(C4CCC(C(=O)O)C4)C[C@@H]3C2)NC(c2nccs2)=N[C@H]1c1ccc(F)cc1Cl. The number of methoxy groups -OCH3 is 1.